The Morgan fingerprint density at radius 1 is 1.19 bits per heavy atom. The van der Waals surface area contributed by atoms with E-state index in [1.54, 1.807) is 10.5 Å². The van der Waals surface area contributed by atoms with Gasteiger partial charge in [-0.1, -0.05) is 0 Å². The summed E-state index contributed by atoms with van der Waals surface area (Å²) in [6.45, 7) is 2.91. The monoisotopic (exact) mass is 312 g/mol. The van der Waals surface area contributed by atoms with Crippen LogP contribution in [0.1, 0.15) is 24.5 Å². The normalized spacial score (nSPS) is 25.8. The van der Waals surface area contributed by atoms with Crippen LogP contribution in [0, 0.1) is 0 Å². The first-order chi connectivity index (χ1) is 10.2. The lowest BCUT2D eigenvalue weighted by molar-refractivity contribution is 0.0695. The molecule has 7 nitrogen and oxygen atoms in total. The van der Waals surface area contributed by atoms with Crippen LogP contribution in [0.15, 0.2) is 18.6 Å². The molecule has 0 saturated carbocycles. The molecular formula is C13H20N4O3S. The van der Waals surface area contributed by atoms with Gasteiger partial charge in [0.25, 0.3) is 10.2 Å². The van der Waals surface area contributed by atoms with Crippen molar-refractivity contribution in [1.29, 1.82) is 0 Å². The van der Waals surface area contributed by atoms with Crippen molar-refractivity contribution >= 4 is 10.2 Å². The summed E-state index contributed by atoms with van der Waals surface area (Å²) in [5.74, 6) is 0.151. The highest BCUT2D eigenvalue weighted by atomic mass is 32.2. The number of nitrogens with zero attached hydrogens (tertiary/aromatic N) is 4. The van der Waals surface area contributed by atoms with Gasteiger partial charge in [-0.15, -0.1) is 0 Å². The van der Waals surface area contributed by atoms with Gasteiger partial charge in [0.2, 0.25) is 0 Å². The number of aromatic nitrogens is 2. The number of rotatable bonds is 3. The minimum absolute atomic E-state index is 0.151. The number of piperidine rings is 1. The Kier molecular flexibility index (Phi) is 4.48. The highest BCUT2D eigenvalue weighted by molar-refractivity contribution is 7.86. The van der Waals surface area contributed by atoms with E-state index >= 15 is 0 Å². The first-order valence-corrected chi connectivity index (χ1v) is 8.66. The van der Waals surface area contributed by atoms with Gasteiger partial charge < -0.3 is 4.74 Å². The van der Waals surface area contributed by atoms with Crippen molar-refractivity contribution in [3.05, 3.63) is 24.3 Å². The molecule has 21 heavy (non-hydrogen) atoms. The van der Waals surface area contributed by atoms with Gasteiger partial charge in [0.15, 0.2) is 0 Å². The Balaban J connectivity index is 1.73. The fourth-order valence-corrected chi connectivity index (χ4v) is 4.54. The SMILES string of the molecule is O=S(=O)(N1CCOCC1)N1CCCC(c2ccncn2)C1. The molecule has 2 aliphatic heterocycles. The molecule has 8 heteroatoms. The molecule has 2 aliphatic rings. The maximum atomic E-state index is 12.7. The zero-order valence-electron chi connectivity index (χ0n) is 11.9. The molecule has 0 amide bonds. The zero-order valence-corrected chi connectivity index (χ0v) is 12.7. The Morgan fingerprint density at radius 2 is 2.00 bits per heavy atom. The smallest absolute Gasteiger partial charge is 0.282 e. The largest absolute Gasteiger partial charge is 0.379 e. The topological polar surface area (TPSA) is 75.6 Å². The van der Waals surface area contributed by atoms with Gasteiger partial charge in [-0.3, -0.25) is 0 Å². The first-order valence-electron chi connectivity index (χ1n) is 7.27. The van der Waals surface area contributed by atoms with E-state index in [9.17, 15) is 8.42 Å². The third-order valence-corrected chi connectivity index (χ3v) is 6.03. The molecule has 0 N–H and O–H groups in total. The fraction of sp³-hybridized carbons (Fsp3) is 0.692. The van der Waals surface area contributed by atoms with Crippen molar-refractivity contribution in [3.8, 4) is 0 Å². The molecule has 3 heterocycles. The van der Waals surface area contributed by atoms with Crippen molar-refractivity contribution in [2.45, 2.75) is 18.8 Å². The van der Waals surface area contributed by atoms with Crippen LogP contribution in [0.3, 0.4) is 0 Å². The highest BCUT2D eigenvalue weighted by Crippen LogP contribution is 2.27. The van der Waals surface area contributed by atoms with Crippen molar-refractivity contribution in [2.24, 2.45) is 0 Å². The van der Waals surface area contributed by atoms with E-state index in [2.05, 4.69) is 9.97 Å². The molecule has 116 valence electrons. The average molecular weight is 312 g/mol. The fourth-order valence-electron chi connectivity index (χ4n) is 2.88. The van der Waals surface area contributed by atoms with Gasteiger partial charge in [0, 0.05) is 44.0 Å². The van der Waals surface area contributed by atoms with Crippen LogP contribution in [0.4, 0.5) is 0 Å². The van der Waals surface area contributed by atoms with Crippen LogP contribution in [0.2, 0.25) is 0 Å². The quantitative estimate of drug-likeness (QED) is 0.799. The van der Waals surface area contributed by atoms with Crippen molar-refractivity contribution in [1.82, 2.24) is 18.6 Å². The van der Waals surface area contributed by atoms with Gasteiger partial charge in [-0.05, 0) is 18.9 Å². The van der Waals surface area contributed by atoms with Crippen molar-refractivity contribution in [3.63, 3.8) is 0 Å². The summed E-state index contributed by atoms with van der Waals surface area (Å²) in [5, 5.41) is 0. The van der Waals surface area contributed by atoms with Gasteiger partial charge in [-0.2, -0.15) is 17.0 Å². The molecule has 2 fully saturated rings. The number of morpholine rings is 1. The lowest BCUT2D eigenvalue weighted by Crippen LogP contribution is -2.51. The number of hydrogen-bond donors (Lipinski definition) is 0. The van der Waals surface area contributed by atoms with E-state index in [1.807, 2.05) is 6.07 Å². The standard InChI is InChI=1S/C13H20N4O3S/c18-21(19,16-6-8-20-9-7-16)17-5-1-2-12(10-17)13-3-4-14-11-15-13/h3-4,11-12H,1-2,5-10H2. The van der Waals surface area contributed by atoms with Crippen LogP contribution in [0.5, 0.6) is 0 Å². The zero-order chi connectivity index (χ0) is 14.7. The van der Waals surface area contributed by atoms with Crippen LogP contribution in [0.25, 0.3) is 0 Å². The second-order valence-electron chi connectivity index (χ2n) is 5.35. The molecule has 0 radical (unpaired) electrons. The molecule has 0 bridgehead atoms. The second kappa shape index (κ2) is 6.35. The molecule has 3 rings (SSSR count). The second-order valence-corrected chi connectivity index (χ2v) is 7.28. The number of hydrogen-bond acceptors (Lipinski definition) is 5. The highest BCUT2D eigenvalue weighted by Gasteiger charge is 2.35. The van der Waals surface area contributed by atoms with Gasteiger partial charge >= 0.3 is 0 Å². The van der Waals surface area contributed by atoms with E-state index in [4.69, 9.17) is 4.74 Å². The van der Waals surface area contributed by atoms with Crippen LogP contribution in [-0.4, -0.2) is 66.4 Å². The van der Waals surface area contributed by atoms with E-state index < -0.39 is 10.2 Å². The Morgan fingerprint density at radius 3 is 2.71 bits per heavy atom. The summed E-state index contributed by atoms with van der Waals surface area (Å²) < 4.78 is 33.7. The predicted molar refractivity (Wildman–Crippen MR) is 76.9 cm³/mol. The molecule has 1 atom stereocenters. The van der Waals surface area contributed by atoms with Crippen molar-refractivity contribution in [2.75, 3.05) is 39.4 Å². The molecule has 0 aromatic carbocycles. The first kappa shape index (κ1) is 14.8. The molecule has 2 saturated heterocycles. The molecule has 0 spiro atoms. The van der Waals surface area contributed by atoms with Crippen molar-refractivity contribution < 1.29 is 13.2 Å². The molecule has 1 aromatic heterocycles. The van der Waals surface area contributed by atoms with E-state index in [0.29, 0.717) is 39.4 Å². The van der Waals surface area contributed by atoms with E-state index in [-0.39, 0.29) is 5.92 Å². The minimum atomic E-state index is -3.38. The molecular weight excluding hydrogens is 292 g/mol. The summed E-state index contributed by atoms with van der Waals surface area (Å²) >= 11 is 0. The predicted octanol–water partition coefficient (Wildman–Crippen LogP) is 0.233. The van der Waals surface area contributed by atoms with Gasteiger partial charge in [0.1, 0.15) is 6.33 Å². The summed E-state index contributed by atoms with van der Waals surface area (Å²) in [4.78, 5) is 8.18. The average Bonchev–Trinajstić information content (AvgIpc) is 2.57. The Bertz CT molecular complexity index is 560. The van der Waals surface area contributed by atoms with Gasteiger partial charge in [0.05, 0.1) is 13.2 Å². The third-order valence-electron chi connectivity index (χ3n) is 4.03. The van der Waals surface area contributed by atoms with Crippen LogP contribution in [-0.2, 0) is 14.9 Å². The van der Waals surface area contributed by atoms with E-state index in [0.717, 1.165) is 18.5 Å². The molecule has 1 aromatic rings. The van der Waals surface area contributed by atoms with Gasteiger partial charge in [-0.25, -0.2) is 9.97 Å². The lowest BCUT2D eigenvalue weighted by atomic mass is 9.96. The third kappa shape index (κ3) is 3.23. The Hall–Kier alpha value is -1.09. The summed E-state index contributed by atoms with van der Waals surface area (Å²) in [6, 6.07) is 1.87. The Labute approximate surface area is 125 Å². The molecule has 0 aliphatic carbocycles. The molecule has 1 unspecified atom stereocenters. The summed E-state index contributed by atoms with van der Waals surface area (Å²) in [6.07, 6.45) is 5.05. The minimum Gasteiger partial charge on any atom is -0.379 e. The lowest BCUT2D eigenvalue weighted by Gasteiger charge is -2.36. The summed E-state index contributed by atoms with van der Waals surface area (Å²) in [7, 11) is -3.38. The van der Waals surface area contributed by atoms with E-state index in [1.165, 1.54) is 10.6 Å². The van der Waals surface area contributed by atoms with Crippen LogP contribution < -0.4 is 0 Å². The number of ether oxygens (including phenoxy) is 1. The maximum absolute atomic E-state index is 12.7. The summed E-state index contributed by atoms with van der Waals surface area (Å²) in [5.41, 5.74) is 0.923. The van der Waals surface area contributed by atoms with Crippen LogP contribution >= 0.6 is 0 Å². The maximum Gasteiger partial charge on any atom is 0.282 e.